The van der Waals surface area contributed by atoms with E-state index in [4.69, 9.17) is 20.8 Å². The molecule has 2 aromatic carbocycles. The molecule has 0 radical (unpaired) electrons. The number of carbonyl (C=O) groups is 1. The molecule has 0 bridgehead atoms. The van der Waals surface area contributed by atoms with Crippen molar-refractivity contribution in [3.63, 3.8) is 0 Å². The zero-order chi connectivity index (χ0) is 20.2. The van der Waals surface area contributed by atoms with E-state index in [1.165, 1.54) is 10.9 Å². The van der Waals surface area contributed by atoms with Crippen LogP contribution < -0.4 is 10.1 Å². The first-order chi connectivity index (χ1) is 14.1. The lowest BCUT2D eigenvalue weighted by Crippen LogP contribution is -2.17. The van der Waals surface area contributed by atoms with Crippen LogP contribution in [0.15, 0.2) is 71.3 Å². The molecule has 0 unspecified atom stereocenters. The molecule has 29 heavy (non-hydrogen) atoms. The van der Waals surface area contributed by atoms with Gasteiger partial charge in [0.25, 0.3) is 0 Å². The minimum Gasteiger partial charge on any atom is -0.497 e. The van der Waals surface area contributed by atoms with Crippen LogP contribution in [0.4, 0.5) is 5.95 Å². The van der Waals surface area contributed by atoms with Gasteiger partial charge in [-0.15, -0.1) is 5.10 Å². The Morgan fingerprint density at radius 1 is 1.14 bits per heavy atom. The number of nitrogens with zero attached hydrogens (tertiary/aromatic N) is 3. The number of carbonyl (C=O) groups excluding carboxylic acids is 1. The van der Waals surface area contributed by atoms with Crippen molar-refractivity contribution in [3.05, 3.63) is 83.3 Å². The molecule has 2 aromatic heterocycles. The summed E-state index contributed by atoms with van der Waals surface area (Å²) in [6, 6.07) is 17.9. The minimum atomic E-state index is -0.417. The maximum absolute atomic E-state index is 12.8. The van der Waals surface area contributed by atoms with E-state index in [0.29, 0.717) is 23.3 Å². The molecule has 0 aliphatic rings. The predicted molar refractivity (Wildman–Crippen MR) is 109 cm³/mol. The summed E-state index contributed by atoms with van der Waals surface area (Å²) in [5.41, 5.74) is 1.74. The molecule has 8 heteroatoms. The van der Waals surface area contributed by atoms with Crippen LogP contribution >= 0.6 is 11.6 Å². The van der Waals surface area contributed by atoms with E-state index < -0.39 is 5.91 Å². The van der Waals surface area contributed by atoms with Gasteiger partial charge in [0.2, 0.25) is 5.95 Å². The molecule has 146 valence electrons. The van der Waals surface area contributed by atoms with Gasteiger partial charge in [0.1, 0.15) is 5.75 Å². The number of methoxy groups -OCH3 is 1. The summed E-state index contributed by atoms with van der Waals surface area (Å²) in [4.78, 5) is 17.3. The van der Waals surface area contributed by atoms with E-state index >= 15 is 0 Å². The van der Waals surface area contributed by atoms with Crippen LogP contribution in [0.25, 0.3) is 11.4 Å². The Hall–Kier alpha value is -3.58. The van der Waals surface area contributed by atoms with Crippen LogP contribution in [0.2, 0.25) is 5.02 Å². The SMILES string of the molecule is COc1ccc(CNc2nc(-c3ccc(Cl)cc3)nn2C(=O)c2ccco2)cc1. The fourth-order valence-electron chi connectivity index (χ4n) is 2.72. The summed E-state index contributed by atoms with van der Waals surface area (Å²) >= 11 is 5.96. The Bertz CT molecular complexity index is 1100. The number of furan rings is 1. The summed E-state index contributed by atoms with van der Waals surface area (Å²) in [5, 5.41) is 8.16. The maximum atomic E-state index is 12.8. The average Bonchev–Trinajstić information content (AvgIpc) is 3.43. The predicted octanol–water partition coefficient (Wildman–Crippen LogP) is 4.50. The van der Waals surface area contributed by atoms with E-state index in [0.717, 1.165) is 16.9 Å². The van der Waals surface area contributed by atoms with Crippen molar-refractivity contribution in [1.29, 1.82) is 0 Å². The zero-order valence-electron chi connectivity index (χ0n) is 15.5. The van der Waals surface area contributed by atoms with Crippen molar-refractivity contribution in [2.75, 3.05) is 12.4 Å². The van der Waals surface area contributed by atoms with Gasteiger partial charge in [0.15, 0.2) is 11.6 Å². The molecule has 0 aliphatic heterocycles. The number of hydrogen-bond donors (Lipinski definition) is 1. The zero-order valence-corrected chi connectivity index (χ0v) is 16.3. The largest absolute Gasteiger partial charge is 0.497 e. The number of aromatic nitrogens is 3. The van der Waals surface area contributed by atoms with Crippen molar-refractivity contribution in [2.45, 2.75) is 6.54 Å². The lowest BCUT2D eigenvalue weighted by atomic mass is 10.2. The molecule has 0 saturated carbocycles. The highest BCUT2D eigenvalue weighted by molar-refractivity contribution is 6.30. The summed E-state index contributed by atoms with van der Waals surface area (Å²) in [5.74, 6) is 1.24. The Labute approximate surface area is 171 Å². The molecule has 0 spiro atoms. The highest BCUT2D eigenvalue weighted by Crippen LogP contribution is 2.22. The molecular weight excluding hydrogens is 392 g/mol. The first-order valence-electron chi connectivity index (χ1n) is 8.82. The van der Waals surface area contributed by atoms with Gasteiger partial charge in [-0.1, -0.05) is 23.7 Å². The summed E-state index contributed by atoms with van der Waals surface area (Å²) < 4.78 is 11.6. The molecule has 0 atom stereocenters. The number of anilines is 1. The van der Waals surface area contributed by atoms with Crippen molar-refractivity contribution < 1.29 is 13.9 Å². The lowest BCUT2D eigenvalue weighted by Gasteiger charge is -2.07. The monoisotopic (exact) mass is 408 g/mol. The van der Waals surface area contributed by atoms with Gasteiger partial charge in [0.05, 0.1) is 13.4 Å². The highest BCUT2D eigenvalue weighted by atomic mass is 35.5. The number of benzene rings is 2. The van der Waals surface area contributed by atoms with Gasteiger partial charge < -0.3 is 14.5 Å². The third-order valence-electron chi connectivity index (χ3n) is 4.24. The molecular formula is C21H17ClN4O3. The van der Waals surface area contributed by atoms with Crippen molar-refractivity contribution in [3.8, 4) is 17.1 Å². The van der Waals surface area contributed by atoms with E-state index in [9.17, 15) is 4.79 Å². The number of halogens is 1. The van der Waals surface area contributed by atoms with Crippen molar-refractivity contribution >= 4 is 23.5 Å². The second-order valence-corrected chi connectivity index (χ2v) is 6.60. The van der Waals surface area contributed by atoms with Crippen LogP contribution in [0.3, 0.4) is 0 Å². The summed E-state index contributed by atoms with van der Waals surface area (Å²) in [6.45, 7) is 0.453. The van der Waals surface area contributed by atoms with E-state index in [1.807, 2.05) is 24.3 Å². The molecule has 2 heterocycles. The minimum absolute atomic E-state index is 0.171. The summed E-state index contributed by atoms with van der Waals surface area (Å²) in [7, 11) is 1.62. The van der Waals surface area contributed by atoms with Crippen LogP contribution in [0.1, 0.15) is 16.1 Å². The third kappa shape index (κ3) is 4.14. The Kier molecular flexibility index (Phi) is 5.31. The molecule has 0 aliphatic carbocycles. The fraction of sp³-hybridized carbons (Fsp3) is 0.0952. The lowest BCUT2D eigenvalue weighted by molar-refractivity contribution is 0.0919. The van der Waals surface area contributed by atoms with Gasteiger partial charge in [-0.3, -0.25) is 4.79 Å². The van der Waals surface area contributed by atoms with Crippen LogP contribution in [-0.2, 0) is 6.54 Å². The maximum Gasteiger partial charge on any atom is 0.317 e. The van der Waals surface area contributed by atoms with Gasteiger partial charge in [0, 0.05) is 17.1 Å². The van der Waals surface area contributed by atoms with Gasteiger partial charge in [-0.2, -0.15) is 9.67 Å². The Balaban J connectivity index is 1.64. The molecule has 0 fully saturated rings. The standard InChI is InChI=1S/C21H17ClN4O3/c1-28-17-10-4-14(5-11-17)13-23-21-24-19(15-6-8-16(22)9-7-15)25-26(21)20(27)18-3-2-12-29-18/h2-12H,13H2,1H3,(H,23,24,25). The number of rotatable bonds is 6. The molecule has 4 aromatic rings. The quantitative estimate of drug-likeness (QED) is 0.505. The first kappa shape index (κ1) is 18.8. The first-order valence-corrected chi connectivity index (χ1v) is 9.20. The Morgan fingerprint density at radius 2 is 1.90 bits per heavy atom. The molecule has 0 amide bonds. The van der Waals surface area contributed by atoms with Crippen LogP contribution in [-0.4, -0.2) is 27.8 Å². The van der Waals surface area contributed by atoms with E-state index in [2.05, 4.69) is 15.4 Å². The molecule has 0 saturated heterocycles. The number of hydrogen-bond acceptors (Lipinski definition) is 6. The second-order valence-electron chi connectivity index (χ2n) is 6.16. The van der Waals surface area contributed by atoms with Crippen LogP contribution in [0, 0.1) is 0 Å². The highest BCUT2D eigenvalue weighted by Gasteiger charge is 2.20. The second kappa shape index (κ2) is 8.20. The smallest absolute Gasteiger partial charge is 0.317 e. The van der Waals surface area contributed by atoms with Crippen LogP contribution in [0.5, 0.6) is 5.75 Å². The third-order valence-corrected chi connectivity index (χ3v) is 4.50. The fourth-order valence-corrected chi connectivity index (χ4v) is 2.84. The van der Waals surface area contributed by atoms with Gasteiger partial charge >= 0.3 is 5.91 Å². The van der Waals surface area contributed by atoms with Crippen molar-refractivity contribution in [2.24, 2.45) is 0 Å². The summed E-state index contributed by atoms with van der Waals surface area (Å²) in [6.07, 6.45) is 1.44. The van der Waals surface area contributed by atoms with E-state index in [-0.39, 0.29) is 5.76 Å². The van der Waals surface area contributed by atoms with Gasteiger partial charge in [-0.25, -0.2) is 0 Å². The normalized spacial score (nSPS) is 10.7. The molecule has 1 N–H and O–H groups in total. The molecule has 4 rings (SSSR count). The topological polar surface area (TPSA) is 82.2 Å². The molecule has 7 nitrogen and oxygen atoms in total. The van der Waals surface area contributed by atoms with Gasteiger partial charge in [-0.05, 0) is 54.1 Å². The van der Waals surface area contributed by atoms with Crippen molar-refractivity contribution in [1.82, 2.24) is 14.8 Å². The average molecular weight is 409 g/mol. The Morgan fingerprint density at radius 3 is 2.55 bits per heavy atom. The number of nitrogens with one attached hydrogen (secondary N) is 1. The number of ether oxygens (including phenoxy) is 1. The van der Waals surface area contributed by atoms with E-state index in [1.54, 1.807) is 43.5 Å².